The molecule has 0 fully saturated rings. The topological polar surface area (TPSA) is 131 Å². The molecule has 1 aromatic heterocycles. The maximum Gasteiger partial charge on any atom is 0.273 e. The number of aryl methyl sites for hydroxylation is 1. The molecule has 0 unspecified atom stereocenters. The molecule has 3 amide bonds. The molecule has 1 atom stereocenters. The number of nitrogens with two attached hydrogens (primary N) is 2. The Morgan fingerprint density at radius 1 is 1.06 bits per heavy atom. The summed E-state index contributed by atoms with van der Waals surface area (Å²) >= 11 is 6.84. The number of nitrogen functional groups attached to an aromatic ring is 1. The van der Waals surface area contributed by atoms with Crippen LogP contribution in [-0.4, -0.2) is 27.6 Å². The average molecular weight is 500 g/mol. The molecule has 0 saturated carbocycles. The molecule has 0 aliphatic carbocycles. The lowest BCUT2D eigenvalue weighted by Gasteiger charge is -2.33. The Labute approximate surface area is 207 Å². The molecule has 34 heavy (non-hydrogen) atoms. The summed E-state index contributed by atoms with van der Waals surface area (Å²) in [5.41, 5.74) is 12.5. The maximum atomic E-state index is 13.9. The Bertz CT molecular complexity index is 1220. The molecule has 3 aromatic rings. The Kier molecular flexibility index (Phi) is 7.28. The fourth-order valence-electron chi connectivity index (χ4n) is 3.33. The van der Waals surface area contributed by atoms with Gasteiger partial charge in [0.2, 0.25) is 5.91 Å². The number of anilines is 2. The van der Waals surface area contributed by atoms with E-state index in [2.05, 4.69) is 9.69 Å². The number of hydrogen-bond acceptors (Lipinski definition) is 6. The third-order valence-electron chi connectivity index (χ3n) is 4.88. The van der Waals surface area contributed by atoms with E-state index >= 15 is 0 Å². The van der Waals surface area contributed by atoms with Crippen molar-refractivity contribution in [3.05, 3.63) is 75.3 Å². The van der Waals surface area contributed by atoms with E-state index in [4.69, 9.17) is 23.1 Å². The summed E-state index contributed by atoms with van der Waals surface area (Å²) in [6, 6.07) is 12.8. The average Bonchev–Trinajstić information content (AvgIpc) is 3.13. The molecule has 3 rings (SSSR count). The SMILES string of the molecule is Cc1ccc(N(C(=O)c2snc(C(N)=O)c2N)[C@@H](C(=O)NC(C)(C)C)c2ccc(Cl)cc2)cc1. The second-order valence-electron chi connectivity index (χ2n) is 8.84. The zero-order chi connectivity index (χ0) is 25.2. The van der Waals surface area contributed by atoms with E-state index < -0.39 is 29.3 Å². The first-order chi connectivity index (χ1) is 15.9. The minimum absolute atomic E-state index is 0.0110. The fourth-order valence-corrected chi connectivity index (χ4v) is 4.20. The number of aromatic nitrogens is 1. The lowest BCUT2D eigenvalue weighted by molar-refractivity contribution is -0.123. The van der Waals surface area contributed by atoms with Gasteiger partial charge in [-0.3, -0.25) is 19.3 Å². The van der Waals surface area contributed by atoms with Crippen LogP contribution in [0.15, 0.2) is 48.5 Å². The molecule has 0 radical (unpaired) electrons. The fraction of sp³-hybridized carbons (Fsp3) is 0.250. The normalized spacial score (nSPS) is 12.1. The molecule has 5 N–H and O–H groups in total. The van der Waals surface area contributed by atoms with Gasteiger partial charge < -0.3 is 16.8 Å². The van der Waals surface area contributed by atoms with E-state index in [1.807, 2.05) is 39.8 Å². The first kappa shape index (κ1) is 25.2. The molecule has 178 valence electrons. The van der Waals surface area contributed by atoms with Crippen molar-refractivity contribution in [2.24, 2.45) is 5.73 Å². The molecule has 2 aromatic carbocycles. The lowest BCUT2D eigenvalue weighted by atomic mass is 10.00. The number of primary amides is 1. The minimum Gasteiger partial charge on any atom is -0.395 e. The number of nitrogens with one attached hydrogen (secondary N) is 1. The van der Waals surface area contributed by atoms with Gasteiger partial charge in [0.15, 0.2) is 5.69 Å². The quantitative estimate of drug-likeness (QED) is 0.470. The highest BCUT2D eigenvalue weighted by atomic mass is 35.5. The van der Waals surface area contributed by atoms with E-state index in [0.717, 1.165) is 17.1 Å². The smallest absolute Gasteiger partial charge is 0.273 e. The van der Waals surface area contributed by atoms with Crippen LogP contribution in [0.5, 0.6) is 0 Å². The predicted molar refractivity (Wildman–Crippen MR) is 135 cm³/mol. The number of carbonyl (C=O) groups excluding carboxylic acids is 3. The van der Waals surface area contributed by atoms with Gasteiger partial charge in [-0.25, -0.2) is 0 Å². The molecule has 8 nitrogen and oxygen atoms in total. The lowest BCUT2D eigenvalue weighted by Crippen LogP contribution is -2.49. The van der Waals surface area contributed by atoms with Crippen LogP contribution < -0.4 is 21.7 Å². The van der Waals surface area contributed by atoms with Gasteiger partial charge in [0.1, 0.15) is 10.9 Å². The molecule has 0 aliphatic rings. The van der Waals surface area contributed by atoms with Gasteiger partial charge in [-0.1, -0.05) is 41.4 Å². The number of carbonyl (C=O) groups is 3. The van der Waals surface area contributed by atoms with Crippen LogP contribution in [0.4, 0.5) is 11.4 Å². The Morgan fingerprint density at radius 2 is 1.65 bits per heavy atom. The second-order valence-corrected chi connectivity index (χ2v) is 10.1. The summed E-state index contributed by atoms with van der Waals surface area (Å²) in [7, 11) is 0. The summed E-state index contributed by atoms with van der Waals surface area (Å²) < 4.78 is 3.95. The number of halogens is 1. The van der Waals surface area contributed by atoms with E-state index in [1.54, 1.807) is 36.4 Å². The van der Waals surface area contributed by atoms with Crippen molar-refractivity contribution in [2.75, 3.05) is 10.6 Å². The largest absolute Gasteiger partial charge is 0.395 e. The number of benzene rings is 2. The van der Waals surface area contributed by atoms with Crippen molar-refractivity contribution in [2.45, 2.75) is 39.3 Å². The summed E-state index contributed by atoms with van der Waals surface area (Å²) in [6.07, 6.45) is 0. The van der Waals surface area contributed by atoms with Gasteiger partial charge in [-0.15, -0.1) is 0 Å². The molecule has 0 saturated heterocycles. The van der Waals surface area contributed by atoms with Crippen molar-refractivity contribution < 1.29 is 14.4 Å². The summed E-state index contributed by atoms with van der Waals surface area (Å²) in [4.78, 5) is 40.5. The highest BCUT2D eigenvalue weighted by Crippen LogP contribution is 2.34. The van der Waals surface area contributed by atoms with Crippen molar-refractivity contribution in [3.63, 3.8) is 0 Å². The summed E-state index contributed by atoms with van der Waals surface area (Å²) in [5, 5.41) is 3.45. The zero-order valence-electron chi connectivity index (χ0n) is 19.3. The van der Waals surface area contributed by atoms with Gasteiger partial charge in [-0.2, -0.15) is 4.37 Å². The Hall–Kier alpha value is -3.43. The van der Waals surface area contributed by atoms with Crippen molar-refractivity contribution >= 4 is 52.2 Å². The van der Waals surface area contributed by atoms with Crippen LogP contribution in [0.25, 0.3) is 0 Å². The second kappa shape index (κ2) is 9.82. The number of hydrogen-bond donors (Lipinski definition) is 3. The first-order valence-corrected chi connectivity index (χ1v) is 11.6. The van der Waals surface area contributed by atoms with Crippen LogP contribution in [0, 0.1) is 6.92 Å². The first-order valence-electron chi connectivity index (χ1n) is 10.4. The van der Waals surface area contributed by atoms with Gasteiger partial charge in [0.05, 0.1) is 5.69 Å². The molecule has 1 heterocycles. The maximum absolute atomic E-state index is 13.9. The van der Waals surface area contributed by atoms with Crippen molar-refractivity contribution in [1.82, 2.24) is 9.69 Å². The van der Waals surface area contributed by atoms with Gasteiger partial charge in [-0.05, 0) is 69.1 Å². The highest BCUT2D eigenvalue weighted by molar-refractivity contribution is 7.09. The van der Waals surface area contributed by atoms with E-state index in [-0.39, 0.29) is 16.3 Å². The van der Waals surface area contributed by atoms with Gasteiger partial charge in [0.25, 0.3) is 11.8 Å². The standard InChI is InChI=1S/C24H26ClN5O3S/c1-13-5-11-16(12-6-13)30(23(33)20-17(26)18(21(27)31)29-34-20)19(22(32)28-24(2,3)4)14-7-9-15(25)10-8-14/h5-12,19H,26H2,1-4H3,(H2,27,31)(H,28,32)/t19-/m1/s1. The predicted octanol–water partition coefficient (Wildman–Crippen LogP) is 4.09. The van der Waals surface area contributed by atoms with E-state index in [9.17, 15) is 14.4 Å². The van der Waals surface area contributed by atoms with Crippen LogP contribution in [0.1, 0.15) is 58.1 Å². The molecule has 0 spiro atoms. The van der Waals surface area contributed by atoms with E-state index in [0.29, 0.717) is 16.3 Å². The number of amides is 3. The number of nitrogens with zero attached hydrogens (tertiary/aromatic N) is 2. The van der Waals surface area contributed by atoms with Crippen molar-refractivity contribution in [1.29, 1.82) is 0 Å². The zero-order valence-corrected chi connectivity index (χ0v) is 20.8. The molecular formula is C24H26ClN5O3S. The van der Waals surface area contributed by atoms with Crippen LogP contribution in [0.2, 0.25) is 5.02 Å². The summed E-state index contributed by atoms with van der Waals surface area (Å²) in [5.74, 6) is -1.83. The molecule has 10 heteroatoms. The molecule has 0 bridgehead atoms. The third-order valence-corrected chi connectivity index (χ3v) is 5.98. The van der Waals surface area contributed by atoms with Crippen LogP contribution in [-0.2, 0) is 4.79 Å². The third kappa shape index (κ3) is 5.55. The van der Waals surface area contributed by atoms with Crippen LogP contribution >= 0.6 is 23.1 Å². The van der Waals surface area contributed by atoms with Crippen molar-refractivity contribution in [3.8, 4) is 0 Å². The molecule has 0 aliphatic heterocycles. The monoisotopic (exact) mass is 499 g/mol. The molecular weight excluding hydrogens is 474 g/mol. The Morgan fingerprint density at radius 3 is 2.15 bits per heavy atom. The van der Waals surface area contributed by atoms with Crippen LogP contribution in [0.3, 0.4) is 0 Å². The minimum atomic E-state index is -1.06. The van der Waals surface area contributed by atoms with Gasteiger partial charge >= 0.3 is 0 Å². The number of rotatable bonds is 6. The van der Waals surface area contributed by atoms with E-state index in [1.165, 1.54) is 4.90 Å². The van der Waals surface area contributed by atoms with Gasteiger partial charge in [0, 0.05) is 16.2 Å². The summed E-state index contributed by atoms with van der Waals surface area (Å²) in [6.45, 7) is 7.46. The highest BCUT2D eigenvalue weighted by Gasteiger charge is 2.37. The Balaban J connectivity index is 2.22.